The lowest BCUT2D eigenvalue weighted by Gasteiger charge is -2.36. The topological polar surface area (TPSA) is 88.8 Å². The van der Waals surface area contributed by atoms with Crippen LogP contribution in [0.3, 0.4) is 0 Å². The molecular formula is C23H21BrN4O3S. The van der Waals surface area contributed by atoms with Crippen molar-refractivity contribution in [1.82, 2.24) is 19.8 Å². The number of carbonyl (C=O) groups is 1. The molecule has 1 amide bonds. The number of hydrogen-bond acceptors (Lipinski definition) is 6. The number of benzene rings is 1. The Kier molecular flexibility index (Phi) is 5.58. The number of imidazole rings is 1. The average molecular weight is 513 g/mol. The van der Waals surface area contributed by atoms with Crippen LogP contribution >= 0.6 is 27.3 Å². The Morgan fingerprint density at radius 3 is 2.66 bits per heavy atom. The molecule has 0 bridgehead atoms. The number of nitrogens with one attached hydrogen (secondary N) is 1. The van der Waals surface area contributed by atoms with E-state index in [0.29, 0.717) is 18.8 Å². The van der Waals surface area contributed by atoms with Crippen LogP contribution in [-0.2, 0) is 10.2 Å². The van der Waals surface area contributed by atoms with Crippen LogP contribution in [0.1, 0.15) is 39.5 Å². The second kappa shape index (κ2) is 8.40. The minimum absolute atomic E-state index is 0.287. The summed E-state index contributed by atoms with van der Waals surface area (Å²) < 4.78 is 8.72. The summed E-state index contributed by atoms with van der Waals surface area (Å²) >= 11 is 5.20. The number of thiazole rings is 1. The summed E-state index contributed by atoms with van der Waals surface area (Å²) in [4.78, 5) is 21.5. The highest BCUT2D eigenvalue weighted by Gasteiger charge is 2.39. The molecule has 164 valence electrons. The van der Waals surface area contributed by atoms with Gasteiger partial charge in [0.05, 0.1) is 16.8 Å². The molecule has 9 heteroatoms. The van der Waals surface area contributed by atoms with Gasteiger partial charge in [0.2, 0.25) is 0 Å². The largest absolute Gasteiger partial charge is 0.381 e. The summed E-state index contributed by atoms with van der Waals surface area (Å²) in [5.41, 5.74) is 6.59. The van der Waals surface area contributed by atoms with Crippen molar-refractivity contribution in [3.8, 4) is 11.4 Å². The Hall–Kier alpha value is -2.59. The second-order valence-electron chi connectivity index (χ2n) is 7.87. The predicted molar refractivity (Wildman–Crippen MR) is 125 cm³/mol. The van der Waals surface area contributed by atoms with Gasteiger partial charge in [-0.3, -0.25) is 14.4 Å². The van der Waals surface area contributed by atoms with E-state index in [1.54, 1.807) is 28.9 Å². The van der Waals surface area contributed by atoms with Crippen molar-refractivity contribution in [2.75, 3.05) is 13.2 Å². The van der Waals surface area contributed by atoms with E-state index < -0.39 is 5.91 Å². The molecule has 0 unspecified atom stereocenters. The van der Waals surface area contributed by atoms with Gasteiger partial charge in [0, 0.05) is 34.8 Å². The summed E-state index contributed by atoms with van der Waals surface area (Å²) in [5, 5.41) is 12.0. The minimum atomic E-state index is -0.525. The van der Waals surface area contributed by atoms with Crippen LogP contribution in [0, 0.1) is 6.92 Å². The number of hydroxylamine groups is 1. The molecule has 0 saturated carbocycles. The van der Waals surface area contributed by atoms with E-state index in [-0.39, 0.29) is 5.41 Å². The van der Waals surface area contributed by atoms with Crippen LogP contribution in [0.5, 0.6) is 0 Å². The Morgan fingerprint density at radius 2 is 1.94 bits per heavy atom. The summed E-state index contributed by atoms with van der Waals surface area (Å²) in [5.74, 6) is -0.525. The predicted octanol–water partition coefficient (Wildman–Crippen LogP) is 4.74. The number of nitrogens with zero attached hydrogens (tertiary/aromatic N) is 3. The lowest BCUT2D eigenvalue weighted by Crippen LogP contribution is -2.35. The summed E-state index contributed by atoms with van der Waals surface area (Å²) in [6.07, 6.45) is 3.63. The van der Waals surface area contributed by atoms with E-state index in [1.807, 2.05) is 37.4 Å². The molecule has 7 nitrogen and oxygen atoms in total. The Morgan fingerprint density at radius 1 is 1.19 bits per heavy atom. The van der Waals surface area contributed by atoms with E-state index in [0.717, 1.165) is 50.6 Å². The third-order valence-corrected chi connectivity index (χ3v) is 7.58. The van der Waals surface area contributed by atoms with Crippen molar-refractivity contribution in [3.63, 3.8) is 0 Å². The van der Waals surface area contributed by atoms with Crippen LogP contribution in [0.4, 0.5) is 0 Å². The zero-order chi connectivity index (χ0) is 22.3. The monoisotopic (exact) mass is 512 g/mol. The molecule has 3 aromatic heterocycles. The van der Waals surface area contributed by atoms with Crippen LogP contribution in [0.2, 0.25) is 0 Å². The number of carbonyl (C=O) groups excluding carboxylic acids is 1. The number of aromatic nitrogens is 3. The van der Waals surface area contributed by atoms with Crippen molar-refractivity contribution in [2.24, 2.45) is 0 Å². The van der Waals surface area contributed by atoms with Crippen LogP contribution in [0.15, 0.2) is 52.4 Å². The molecule has 4 aromatic rings. The molecule has 1 aliphatic rings. The molecule has 0 atom stereocenters. The zero-order valence-corrected chi connectivity index (χ0v) is 19.7. The van der Waals surface area contributed by atoms with E-state index >= 15 is 0 Å². The number of aryl methyl sites for hydroxylation is 1. The van der Waals surface area contributed by atoms with Gasteiger partial charge in [0.15, 0.2) is 0 Å². The van der Waals surface area contributed by atoms with Gasteiger partial charge in [-0.2, -0.15) is 0 Å². The van der Waals surface area contributed by atoms with Gasteiger partial charge in [0.25, 0.3) is 5.91 Å². The lowest BCUT2D eigenvalue weighted by atomic mass is 9.74. The van der Waals surface area contributed by atoms with Gasteiger partial charge in [-0.15, -0.1) is 11.3 Å². The standard InChI is InChI=1S/C23H21BrN4O3S/c1-14-20(28-12-17(24)6-7-19(28)25-14)18-13-32-22(26-18)23(8-10-31-11-9-23)16-4-2-15(3-5-16)21(29)27-30/h2-7,12-13,30H,8-11H2,1H3,(H,27,29). The molecular weight excluding hydrogens is 492 g/mol. The first kappa shape index (κ1) is 21.3. The van der Waals surface area contributed by atoms with E-state index in [2.05, 4.69) is 25.7 Å². The highest BCUT2D eigenvalue weighted by Crippen LogP contribution is 2.44. The molecule has 5 rings (SSSR count). The molecule has 4 heterocycles. The zero-order valence-electron chi connectivity index (χ0n) is 17.3. The van der Waals surface area contributed by atoms with Gasteiger partial charge in [-0.1, -0.05) is 12.1 Å². The smallest absolute Gasteiger partial charge is 0.274 e. The first-order chi connectivity index (χ1) is 15.5. The van der Waals surface area contributed by atoms with Gasteiger partial charge in [0.1, 0.15) is 16.3 Å². The first-order valence-corrected chi connectivity index (χ1v) is 11.9. The fraction of sp³-hybridized carbons (Fsp3) is 0.261. The second-order valence-corrected chi connectivity index (χ2v) is 9.65. The van der Waals surface area contributed by atoms with Crippen molar-refractivity contribution >= 4 is 38.8 Å². The summed E-state index contributed by atoms with van der Waals surface area (Å²) in [7, 11) is 0. The van der Waals surface area contributed by atoms with E-state index in [9.17, 15) is 4.79 Å². The Bertz CT molecular complexity index is 1290. The third kappa shape index (κ3) is 3.55. The normalized spacial score (nSPS) is 15.7. The summed E-state index contributed by atoms with van der Waals surface area (Å²) in [6.45, 7) is 3.30. The Balaban J connectivity index is 1.59. The number of rotatable bonds is 4. The van der Waals surface area contributed by atoms with Gasteiger partial charge >= 0.3 is 0 Å². The molecule has 0 radical (unpaired) electrons. The number of halogens is 1. The highest BCUT2D eigenvalue weighted by atomic mass is 79.9. The van der Waals surface area contributed by atoms with Gasteiger partial charge in [-0.25, -0.2) is 15.4 Å². The van der Waals surface area contributed by atoms with Gasteiger partial charge < -0.3 is 4.74 Å². The van der Waals surface area contributed by atoms with Crippen molar-refractivity contribution in [3.05, 3.63) is 74.3 Å². The third-order valence-electron chi connectivity index (χ3n) is 6.06. The number of ether oxygens (including phenoxy) is 1. The maximum Gasteiger partial charge on any atom is 0.274 e. The van der Waals surface area contributed by atoms with E-state index in [1.165, 1.54) is 0 Å². The maximum atomic E-state index is 11.7. The molecule has 1 saturated heterocycles. The van der Waals surface area contributed by atoms with Crippen molar-refractivity contribution in [1.29, 1.82) is 0 Å². The number of fused-ring (bicyclic) bond motifs is 1. The minimum Gasteiger partial charge on any atom is -0.381 e. The average Bonchev–Trinajstić information content (AvgIpc) is 3.43. The lowest BCUT2D eigenvalue weighted by molar-refractivity contribution is 0.0629. The first-order valence-electron chi connectivity index (χ1n) is 10.3. The van der Waals surface area contributed by atoms with Crippen LogP contribution in [0.25, 0.3) is 17.0 Å². The fourth-order valence-corrected chi connectivity index (χ4v) is 5.82. The van der Waals surface area contributed by atoms with Crippen LogP contribution < -0.4 is 5.48 Å². The molecule has 1 fully saturated rings. The van der Waals surface area contributed by atoms with Crippen molar-refractivity contribution in [2.45, 2.75) is 25.2 Å². The highest BCUT2D eigenvalue weighted by molar-refractivity contribution is 9.10. The number of hydrogen-bond donors (Lipinski definition) is 2. The van der Waals surface area contributed by atoms with Crippen LogP contribution in [-0.4, -0.2) is 38.7 Å². The van der Waals surface area contributed by atoms with Crippen molar-refractivity contribution < 1.29 is 14.7 Å². The number of pyridine rings is 1. The molecule has 32 heavy (non-hydrogen) atoms. The molecule has 0 aliphatic carbocycles. The Labute approximate surface area is 197 Å². The molecule has 2 N–H and O–H groups in total. The van der Waals surface area contributed by atoms with E-state index in [4.69, 9.17) is 19.9 Å². The maximum absolute atomic E-state index is 11.7. The molecule has 1 aromatic carbocycles. The molecule has 1 aliphatic heterocycles. The fourth-order valence-electron chi connectivity index (χ4n) is 4.40. The quantitative estimate of drug-likeness (QED) is 0.304. The number of amides is 1. The molecule has 0 spiro atoms. The van der Waals surface area contributed by atoms with Gasteiger partial charge in [-0.05, 0) is 65.5 Å². The SMILES string of the molecule is Cc1nc2ccc(Br)cn2c1-c1csc(C2(c3ccc(C(=O)NO)cc3)CCOCC2)n1. The summed E-state index contributed by atoms with van der Waals surface area (Å²) in [6, 6.07) is 11.3.